The molecule has 92 valence electrons. The monoisotopic (exact) mass is 243 g/mol. The highest BCUT2D eigenvalue weighted by atomic mass is 19.1. The Morgan fingerprint density at radius 3 is 3.00 bits per heavy atom. The van der Waals surface area contributed by atoms with Crippen LogP contribution >= 0.6 is 0 Å². The summed E-state index contributed by atoms with van der Waals surface area (Å²) in [5, 5.41) is 0. The van der Waals surface area contributed by atoms with E-state index in [4.69, 9.17) is 4.74 Å². The minimum Gasteiger partial charge on any atom is -0.493 e. The Bertz CT molecular complexity index is 595. The average Bonchev–Trinajstić information content (AvgIpc) is 2.39. The number of aryl methyl sites for hydroxylation is 1. The Balaban J connectivity index is 2.18. The lowest BCUT2D eigenvalue weighted by atomic mass is 9.97. The molecule has 0 saturated carbocycles. The molecule has 18 heavy (non-hydrogen) atoms. The summed E-state index contributed by atoms with van der Waals surface area (Å²) in [7, 11) is 0. The van der Waals surface area contributed by atoms with Crippen LogP contribution in [0.15, 0.2) is 30.5 Å². The number of ether oxygens (including phenoxy) is 1. The van der Waals surface area contributed by atoms with Crippen molar-refractivity contribution in [1.82, 2.24) is 4.98 Å². The molecule has 2 heterocycles. The second kappa shape index (κ2) is 4.41. The highest BCUT2D eigenvalue weighted by molar-refractivity contribution is 5.72. The number of benzene rings is 1. The van der Waals surface area contributed by atoms with Crippen LogP contribution < -0.4 is 4.74 Å². The number of pyridine rings is 1. The van der Waals surface area contributed by atoms with Crippen LogP contribution in [0.2, 0.25) is 0 Å². The molecule has 0 unspecified atom stereocenters. The van der Waals surface area contributed by atoms with E-state index in [2.05, 4.69) is 4.98 Å². The van der Waals surface area contributed by atoms with Gasteiger partial charge in [-0.2, -0.15) is 0 Å². The molecule has 3 heteroatoms. The molecule has 0 bridgehead atoms. The van der Waals surface area contributed by atoms with Crippen LogP contribution in [0.5, 0.6) is 5.75 Å². The molecule has 0 amide bonds. The number of hydrogen-bond acceptors (Lipinski definition) is 2. The van der Waals surface area contributed by atoms with Gasteiger partial charge in [-0.05, 0) is 49.6 Å². The van der Waals surface area contributed by atoms with Gasteiger partial charge in [-0.3, -0.25) is 4.98 Å². The Morgan fingerprint density at radius 2 is 2.17 bits per heavy atom. The summed E-state index contributed by atoms with van der Waals surface area (Å²) in [6.07, 6.45) is 3.39. The van der Waals surface area contributed by atoms with Crippen molar-refractivity contribution in [3.63, 3.8) is 0 Å². The van der Waals surface area contributed by atoms with Crippen LogP contribution in [0, 0.1) is 12.7 Å². The molecule has 2 nitrogen and oxygen atoms in total. The van der Waals surface area contributed by atoms with E-state index in [9.17, 15) is 4.39 Å². The van der Waals surface area contributed by atoms with Crippen molar-refractivity contribution < 1.29 is 9.13 Å². The number of aromatic nitrogens is 1. The van der Waals surface area contributed by atoms with E-state index in [1.165, 1.54) is 6.07 Å². The smallest absolute Gasteiger partial charge is 0.133 e. The zero-order valence-corrected chi connectivity index (χ0v) is 10.2. The molecule has 0 spiro atoms. The fourth-order valence-corrected chi connectivity index (χ4v) is 2.37. The molecule has 0 radical (unpaired) electrons. The lowest BCUT2D eigenvalue weighted by Gasteiger charge is -2.21. The predicted molar refractivity (Wildman–Crippen MR) is 68.2 cm³/mol. The number of fused-ring (bicyclic) bond motifs is 1. The topological polar surface area (TPSA) is 22.1 Å². The molecule has 0 aliphatic carbocycles. The normalized spacial score (nSPS) is 13.9. The summed E-state index contributed by atoms with van der Waals surface area (Å²) >= 11 is 0. The van der Waals surface area contributed by atoms with Crippen molar-refractivity contribution in [1.29, 1.82) is 0 Å². The Morgan fingerprint density at radius 1 is 1.28 bits per heavy atom. The molecule has 0 N–H and O–H groups in total. The summed E-state index contributed by atoms with van der Waals surface area (Å²) in [5.74, 6) is 0.533. The lowest BCUT2D eigenvalue weighted by molar-refractivity contribution is 0.285. The molecule has 1 aliphatic heterocycles. The molecule has 2 aromatic rings. The first kappa shape index (κ1) is 11.2. The molecule has 1 aliphatic rings. The molecule has 1 aromatic heterocycles. The third-order valence-corrected chi connectivity index (χ3v) is 3.23. The van der Waals surface area contributed by atoms with E-state index in [1.807, 2.05) is 19.1 Å². The Kier molecular flexibility index (Phi) is 2.74. The average molecular weight is 243 g/mol. The summed E-state index contributed by atoms with van der Waals surface area (Å²) in [6, 6.07) is 7.23. The zero-order valence-electron chi connectivity index (χ0n) is 10.2. The van der Waals surface area contributed by atoms with E-state index in [1.54, 1.807) is 12.3 Å². The number of rotatable bonds is 1. The van der Waals surface area contributed by atoms with Crippen LogP contribution in [0.1, 0.15) is 17.7 Å². The predicted octanol–water partition coefficient (Wildman–Crippen LogP) is 3.52. The summed E-state index contributed by atoms with van der Waals surface area (Å²) in [6.45, 7) is 2.61. The van der Waals surface area contributed by atoms with Crippen LogP contribution in [0.3, 0.4) is 0 Å². The lowest BCUT2D eigenvalue weighted by Crippen LogP contribution is -2.11. The van der Waals surface area contributed by atoms with Gasteiger partial charge in [0.2, 0.25) is 0 Å². The molecule has 0 saturated heterocycles. The van der Waals surface area contributed by atoms with Crippen molar-refractivity contribution in [3.05, 3.63) is 47.5 Å². The van der Waals surface area contributed by atoms with Gasteiger partial charge in [0.05, 0.1) is 6.61 Å². The standard InChI is InChI=1S/C15H14FNO/c1-10-9-11(6-7-17-10)12-4-5-14(16)13-3-2-8-18-15(12)13/h4-7,9H,2-3,8H2,1H3. The van der Waals surface area contributed by atoms with E-state index in [-0.39, 0.29) is 5.82 Å². The van der Waals surface area contributed by atoms with Gasteiger partial charge in [0, 0.05) is 23.0 Å². The van der Waals surface area contributed by atoms with Crippen molar-refractivity contribution in [2.75, 3.05) is 6.61 Å². The maximum absolute atomic E-state index is 13.8. The highest BCUT2D eigenvalue weighted by Crippen LogP contribution is 2.37. The summed E-state index contributed by atoms with van der Waals surface area (Å²) in [4.78, 5) is 4.18. The molecule has 0 atom stereocenters. The quantitative estimate of drug-likeness (QED) is 0.764. The summed E-state index contributed by atoms with van der Waals surface area (Å²) < 4.78 is 19.4. The highest BCUT2D eigenvalue weighted by Gasteiger charge is 2.19. The Labute approximate surface area is 105 Å². The van der Waals surface area contributed by atoms with Crippen LogP contribution in [0.25, 0.3) is 11.1 Å². The first-order valence-electron chi connectivity index (χ1n) is 6.13. The minimum atomic E-state index is -0.167. The van der Waals surface area contributed by atoms with Gasteiger partial charge in [0.25, 0.3) is 0 Å². The third-order valence-electron chi connectivity index (χ3n) is 3.23. The van der Waals surface area contributed by atoms with Gasteiger partial charge in [0.1, 0.15) is 11.6 Å². The molecular weight excluding hydrogens is 229 g/mol. The first-order chi connectivity index (χ1) is 8.75. The maximum atomic E-state index is 13.8. The van der Waals surface area contributed by atoms with Crippen molar-refractivity contribution >= 4 is 0 Å². The van der Waals surface area contributed by atoms with Crippen molar-refractivity contribution in [2.45, 2.75) is 19.8 Å². The summed E-state index contributed by atoms with van der Waals surface area (Å²) in [5.41, 5.74) is 3.63. The van der Waals surface area contributed by atoms with Gasteiger partial charge in [-0.15, -0.1) is 0 Å². The number of hydrogen-bond donors (Lipinski definition) is 0. The SMILES string of the molecule is Cc1cc(-c2ccc(F)c3c2OCCC3)ccn1. The van der Waals surface area contributed by atoms with Crippen LogP contribution in [0.4, 0.5) is 4.39 Å². The van der Waals surface area contributed by atoms with Gasteiger partial charge < -0.3 is 4.74 Å². The van der Waals surface area contributed by atoms with E-state index in [0.717, 1.165) is 29.7 Å². The van der Waals surface area contributed by atoms with Crippen LogP contribution in [-0.2, 0) is 6.42 Å². The maximum Gasteiger partial charge on any atom is 0.133 e. The van der Waals surface area contributed by atoms with E-state index in [0.29, 0.717) is 17.9 Å². The second-order valence-corrected chi connectivity index (χ2v) is 4.54. The van der Waals surface area contributed by atoms with E-state index >= 15 is 0 Å². The van der Waals surface area contributed by atoms with E-state index < -0.39 is 0 Å². The fourth-order valence-electron chi connectivity index (χ4n) is 2.37. The van der Waals surface area contributed by atoms with Gasteiger partial charge >= 0.3 is 0 Å². The van der Waals surface area contributed by atoms with Gasteiger partial charge in [-0.25, -0.2) is 4.39 Å². The number of halogens is 1. The van der Waals surface area contributed by atoms with Crippen molar-refractivity contribution in [3.8, 4) is 16.9 Å². The molecular formula is C15H14FNO. The molecule has 0 fully saturated rings. The third kappa shape index (κ3) is 1.86. The van der Waals surface area contributed by atoms with Crippen molar-refractivity contribution in [2.24, 2.45) is 0 Å². The first-order valence-corrected chi connectivity index (χ1v) is 6.13. The van der Waals surface area contributed by atoms with Gasteiger partial charge in [-0.1, -0.05) is 0 Å². The number of nitrogens with zero attached hydrogens (tertiary/aromatic N) is 1. The van der Waals surface area contributed by atoms with Crippen LogP contribution in [-0.4, -0.2) is 11.6 Å². The zero-order chi connectivity index (χ0) is 12.5. The Hall–Kier alpha value is -1.90. The minimum absolute atomic E-state index is 0.167. The fraction of sp³-hybridized carbons (Fsp3) is 0.267. The van der Waals surface area contributed by atoms with Gasteiger partial charge in [0.15, 0.2) is 0 Å². The second-order valence-electron chi connectivity index (χ2n) is 4.54. The molecule has 1 aromatic carbocycles. The molecule has 3 rings (SSSR count). The largest absolute Gasteiger partial charge is 0.493 e.